The summed E-state index contributed by atoms with van der Waals surface area (Å²) >= 11 is 0. The number of halogens is 5. The van der Waals surface area contributed by atoms with Gasteiger partial charge in [-0.05, 0) is 42.7 Å². The van der Waals surface area contributed by atoms with Crippen LogP contribution in [0.15, 0.2) is 46.3 Å². The first kappa shape index (κ1) is 25.8. The summed E-state index contributed by atoms with van der Waals surface area (Å²) in [5.74, 6) is -3.45. The van der Waals surface area contributed by atoms with Crippen molar-refractivity contribution in [3.8, 4) is 0 Å². The Hall–Kier alpha value is -3.28. The summed E-state index contributed by atoms with van der Waals surface area (Å²) < 4.78 is 76.8. The van der Waals surface area contributed by atoms with Gasteiger partial charge in [-0.15, -0.1) is 0 Å². The molecule has 3 aromatic rings. The lowest BCUT2D eigenvalue weighted by Crippen LogP contribution is -2.28. The smallest absolute Gasteiger partial charge is 0.417 e. The number of aromatic nitrogens is 2. The van der Waals surface area contributed by atoms with Gasteiger partial charge in [0.25, 0.3) is 0 Å². The lowest BCUT2D eigenvalue weighted by atomic mass is 10.0. The third-order valence-corrected chi connectivity index (χ3v) is 10.4. The van der Waals surface area contributed by atoms with Crippen LogP contribution in [0.5, 0.6) is 0 Å². The first-order valence-electron chi connectivity index (χ1n) is 11.1. The summed E-state index contributed by atoms with van der Waals surface area (Å²) in [5, 5.41) is 11.4. The van der Waals surface area contributed by atoms with Gasteiger partial charge in [-0.1, -0.05) is 19.9 Å². The average Bonchev–Trinajstić information content (AvgIpc) is 2.88. The number of pyridine rings is 2. The SMILES string of the molecule is CCOC(=O)Nc1ccc2cc3c(nc2c1)C(=N)C(F)(F)c1ncc(C(F)(F)F)cc1S3(CC)CC. The van der Waals surface area contributed by atoms with Gasteiger partial charge >= 0.3 is 18.2 Å². The van der Waals surface area contributed by atoms with Crippen LogP contribution < -0.4 is 5.32 Å². The Morgan fingerprint density at radius 2 is 1.81 bits per heavy atom. The molecule has 2 aromatic heterocycles. The molecule has 1 aromatic carbocycles. The van der Waals surface area contributed by atoms with Crippen molar-refractivity contribution in [3.63, 3.8) is 0 Å². The van der Waals surface area contributed by atoms with Crippen molar-refractivity contribution >= 4 is 38.4 Å². The second kappa shape index (κ2) is 8.99. The number of alkyl halides is 5. The number of amides is 1. The fourth-order valence-electron chi connectivity index (χ4n) is 4.33. The average molecular weight is 527 g/mol. The number of hydrogen-bond donors (Lipinski definition) is 2. The second-order valence-electron chi connectivity index (χ2n) is 8.07. The van der Waals surface area contributed by atoms with E-state index in [0.29, 0.717) is 22.2 Å². The molecule has 36 heavy (non-hydrogen) atoms. The number of hydrogen-bond acceptors (Lipinski definition) is 5. The van der Waals surface area contributed by atoms with Crippen LogP contribution in [0.3, 0.4) is 0 Å². The van der Waals surface area contributed by atoms with E-state index in [2.05, 4.69) is 15.3 Å². The zero-order chi connectivity index (χ0) is 26.5. The molecule has 3 heterocycles. The van der Waals surface area contributed by atoms with E-state index in [0.717, 1.165) is 6.07 Å². The molecule has 0 bridgehead atoms. The first-order chi connectivity index (χ1) is 16.9. The molecular formula is C24H23F5N4O2S. The van der Waals surface area contributed by atoms with E-state index in [4.69, 9.17) is 10.1 Å². The molecule has 0 fully saturated rings. The van der Waals surface area contributed by atoms with Crippen molar-refractivity contribution in [2.75, 3.05) is 23.4 Å². The van der Waals surface area contributed by atoms with E-state index >= 15 is 8.78 Å². The Bertz CT molecular complexity index is 1370. The summed E-state index contributed by atoms with van der Waals surface area (Å²) in [6.07, 6.45) is -5.08. The number of anilines is 1. The third kappa shape index (κ3) is 4.06. The van der Waals surface area contributed by atoms with E-state index < -0.39 is 45.2 Å². The Morgan fingerprint density at radius 1 is 1.11 bits per heavy atom. The van der Waals surface area contributed by atoms with Gasteiger partial charge in [-0.3, -0.25) is 15.7 Å². The van der Waals surface area contributed by atoms with Gasteiger partial charge in [0, 0.05) is 27.1 Å². The summed E-state index contributed by atoms with van der Waals surface area (Å²) in [4.78, 5) is 19.9. The number of nitrogens with zero attached hydrogens (tertiary/aromatic N) is 2. The summed E-state index contributed by atoms with van der Waals surface area (Å²) in [5.41, 5.74) is -2.83. The van der Waals surface area contributed by atoms with Crippen molar-refractivity contribution in [2.45, 2.75) is 42.7 Å². The molecule has 1 aliphatic rings. The predicted octanol–water partition coefficient (Wildman–Crippen LogP) is 6.95. The van der Waals surface area contributed by atoms with Gasteiger partial charge in [-0.25, -0.2) is 9.78 Å². The lowest BCUT2D eigenvalue weighted by molar-refractivity contribution is -0.138. The fraction of sp³-hybridized carbons (Fsp3) is 0.333. The van der Waals surface area contributed by atoms with Gasteiger partial charge in [0.2, 0.25) is 0 Å². The van der Waals surface area contributed by atoms with Crippen molar-refractivity contribution in [2.24, 2.45) is 0 Å². The van der Waals surface area contributed by atoms with E-state index in [1.165, 1.54) is 6.07 Å². The lowest BCUT2D eigenvalue weighted by Gasteiger charge is -2.40. The molecule has 4 rings (SSSR count). The minimum absolute atomic E-state index is 0.154. The molecule has 1 aliphatic heterocycles. The zero-order valence-electron chi connectivity index (χ0n) is 19.6. The van der Waals surface area contributed by atoms with Crippen molar-refractivity contribution in [3.05, 3.63) is 53.5 Å². The third-order valence-electron chi connectivity index (χ3n) is 6.16. The molecule has 2 N–H and O–H groups in total. The maximum atomic E-state index is 15.6. The molecule has 12 heteroatoms. The number of fused-ring (bicyclic) bond motifs is 3. The highest BCUT2D eigenvalue weighted by atomic mass is 32.3. The maximum Gasteiger partial charge on any atom is 0.417 e. The maximum absolute atomic E-state index is 15.6. The summed E-state index contributed by atoms with van der Waals surface area (Å²) in [6.45, 7) is 5.26. The molecule has 0 saturated carbocycles. The van der Waals surface area contributed by atoms with Crippen molar-refractivity contribution in [1.29, 1.82) is 5.41 Å². The van der Waals surface area contributed by atoms with Crippen molar-refractivity contribution < 1.29 is 31.5 Å². The Labute approximate surface area is 205 Å². The van der Waals surface area contributed by atoms with Crippen LogP contribution in [0.25, 0.3) is 10.9 Å². The molecule has 0 radical (unpaired) electrons. The van der Waals surface area contributed by atoms with Crippen LogP contribution >= 0.6 is 10.0 Å². The van der Waals surface area contributed by atoms with Crippen LogP contribution in [0.2, 0.25) is 0 Å². The molecule has 0 unspecified atom stereocenters. The van der Waals surface area contributed by atoms with Crippen LogP contribution in [0, 0.1) is 5.41 Å². The van der Waals surface area contributed by atoms with Crippen LogP contribution in [0.4, 0.5) is 32.4 Å². The van der Waals surface area contributed by atoms with Gasteiger partial charge < -0.3 is 4.74 Å². The quantitative estimate of drug-likeness (QED) is 0.360. The monoisotopic (exact) mass is 526 g/mol. The van der Waals surface area contributed by atoms with Gasteiger partial charge in [0.05, 0.1) is 17.7 Å². The van der Waals surface area contributed by atoms with E-state index in [1.54, 1.807) is 39.0 Å². The van der Waals surface area contributed by atoms with Crippen molar-refractivity contribution in [1.82, 2.24) is 9.97 Å². The topological polar surface area (TPSA) is 88.0 Å². The number of nitrogens with one attached hydrogen (secondary N) is 2. The molecule has 192 valence electrons. The molecular weight excluding hydrogens is 503 g/mol. The van der Waals surface area contributed by atoms with Gasteiger partial charge in [0.15, 0.2) is 0 Å². The highest BCUT2D eigenvalue weighted by Gasteiger charge is 2.51. The normalized spacial score (nSPS) is 17.1. The number of benzene rings is 1. The van der Waals surface area contributed by atoms with Crippen LogP contribution in [0.1, 0.15) is 37.7 Å². The first-order valence-corrected chi connectivity index (χ1v) is 13.1. The fourth-order valence-corrected chi connectivity index (χ4v) is 8.00. The Morgan fingerprint density at radius 3 is 2.42 bits per heavy atom. The predicted molar refractivity (Wildman–Crippen MR) is 128 cm³/mol. The van der Waals surface area contributed by atoms with Gasteiger partial charge in [-0.2, -0.15) is 32.0 Å². The Balaban J connectivity index is 2.01. The highest BCUT2D eigenvalue weighted by molar-refractivity contribution is 8.33. The molecule has 0 aliphatic carbocycles. The minimum Gasteiger partial charge on any atom is -0.450 e. The molecule has 0 spiro atoms. The number of rotatable bonds is 4. The van der Waals surface area contributed by atoms with E-state index in [-0.39, 0.29) is 34.2 Å². The zero-order valence-corrected chi connectivity index (χ0v) is 20.4. The van der Waals surface area contributed by atoms with Crippen LogP contribution in [-0.2, 0) is 16.8 Å². The standard InChI is InChI=1S/C24H23F5N4O2S/c1-4-35-22(34)32-15-8-7-13-9-17-19(33-16(13)11-15)20(30)23(25,26)21-18(36(17,5-2)6-3)10-14(12-31-21)24(27,28)29/h7-12,30H,4-6H2,1-3H3,(H,32,34). The Kier molecular flexibility index (Phi) is 6.44. The highest BCUT2D eigenvalue weighted by Crippen LogP contribution is 2.67. The largest absolute Gasteiger partial charge is 0.450 e. The summed E-state index contributed by atoms with van der Waals surface area (Å²) in [7, 11) is -2.48. The second-order valence-corrected chi connectivity index (χ2v) is 11.9. The molecule has 6 nitrogen and oxygen atoms in total. The molecule has 1 amide bonds. The minimum atomic E-state index is -4.77. The summed E-state index contributed by atoms with van der Waals surface area (Å²) in [6, 6.07) is 7.05. The number of carbonyl (C=O) groups is 1. The van der Waals surface area contributed by atoms with Crippen LogP contribution in [-0.4, -0.2) is 39.9 Å². The molecule has 0 saturated heterocycles. The number of carbonyl (C=O) groups excluding carboxylic acids is 1. The number of ether oxygens (including phenoxy) is 1. The van der Waals surface area contributed by atoms with E-state index in [9.17, 15) is 18.0 Å². The van der Waals surface area contributed by atoms with E-state index in [1.807, 2.05) is 0 Å². The van der Waals surface area contributed by atoms with Gasteiger partial charge in [0.1, 0.15) is 17.1 Å². The molecule has 0 atom stereocenters.